The summed E-state index contributed by atoms with van der Waals surface area (Å²) in [7, 11) is 0. The first-order valence-electron chi connectivity index (χ1n) is 18.1. The fraction of sp³-hybridized carbons (Fsp3) is 0. The molecule has 4 heterocycles. The Bertz CT molecular complexity index is 3590. The van der Waals surface area contributed by atoms with Crippen molar-refractivity contribution in [1.82, 2.24) is 9.13 Å². The van der Waals surface area contributed by atoms with Gasteiger partial charge in [0.2, 0.25) is 0 Å². The summed E-state index contributed by atoms with van der Waals surface area (Å²) in [6.45, 7) is 0. The van der Waals surface area contributed by atoms with Gasteiger partial charge in [0, 0.05) is 49.1 Å². The first kappa shape index (κ1) is 29.1. The van der Waals surface area contributed by atoms with E-state index in [1.807, 2.05) is 42.5 Å². The molecule has 5 nitrogen and oxygen atoms in total. The van der Waals surface area contributed by atoms with Crippen LogP contribution in [0.4, 0.5) is 0 Å². The Morgan fingerprint density at radius 3 is 1.87 bits per heavy atom. The standard InChI is InChI=1S/C49H27N3O2/c50-28-29-22-31(25-33(23-29)52-41-16-5-1-12-34(41)39-27-47-40(26-44(39)52)36-14-4-7-18-45(36)53-47)30-10-9-11-32(24-30)51-42-17-6-2-15-38(42)48-43(51)21-20-37-35-13-3-8-19-46(35)54-49(37)48/h1-27H. The lowest BCUT2D eigenvalue weighted by Crippen LogP contribution is -1.97. The predicted octanol–water partition coefficient (Wildman–Crippen LogP) is 13.2. The Kier molecular flexibility index (Phi) is 5.78. The molecule has 12 aromatic rings. The maximum Gasteiger partial charge on any atom is 0.145 e. The Morgan fingerprint density at radius 2 is 1.06 bits per heavy atom. The normalized spacial score (nSPS) is 12.1. The van der Waals surface area contributed by atoms with E-state index in [-0.39, 0.29) is 0 Å². The van der Waals surface area contributed by atoms with Crippen LogP contribution in [-0.4, -0.2) is 9.13 Å². The molecule has 0 aliphatic rings. The molecule has 0 amide bonds. The lowest BCUT2D eigenvalue weighted by atomic mass is 10.0. The van der Waals surface area contributed by atoms with E-state index in [4.69, 9.17) is 8.83 Å². The molecule has 0 spiro atoms. The quantitative estimate of drug-likeness (QED) is 0.185. The third kappa shape index (κ3) is 3.97. The van der Waals surface area contributed by atoms with Gasteiger partial charge in [0.05, 0.1) is 39.1 Å². The fourth-order valence-corrected chi connectivity index (χ4v) is 8.77. The third-order valence-electron chi connectivity index (χ3n) is 11.1. The number of hydrogen-bond acceptors (Lipinski definition) is 3. The number of furan rings is 2. The Balaban J connectivity index is 1.08. The number of nitrogens with zero attached hydrogens (tertiary/aromatic N) is 3. The van der Waals surface area contributed by atoms with Gasteiger partial charge in [-0.15, -0.1) is 0 Å². The van der Waals surface area contributed by atoms with Crippen molar-refractivity contribution in [1.29, 1.82) is 5.26 Å². The van der Waals surface area contributed by atoms with Crippen LogP contribution in [0, 0.1) is 11.3 Å². The highest BCUT2D eigenvalue weighted by atomic mass is 16.3. The zero-order valence-electron chi connectivity index (χ0n) is 28.7. The molecule has 0 fully saturated rings. The van der Waals surface area contributed by atoms with Gasteiger partial charge in [0.15, 0.2) is 0 Å². The van der Waals surface area contributed by atoms with Gasteiger partial charge in [0.1, 0.15) is 22.3 Å². The number of para-hydroxylation sites is 4. The summed E-state index contributed by atoms with van der Waals surface area (Å²) in [4.78, 5) is 0. The molecule has 12 rings (SSSR count). The largest absolute Gasteiger partial charge is 0.456 e. The second-order valence-corrected chi connectivity index (χ2v) is 14.0. The molecule has 8 aromatic carbocycles. The van der Waals surface area contributed by atoms with Crippen molar-refractivity contribution in [2.24, 2.45) is 0 Å². The average Bonchev–Trinajstić information content (AvgIpc) is 3.97. The number of benzene rings is 8. The second kappa shape index (κ2) is 10.7. The van der Waals surface area contributed by atoms with Crippen LogP contribution in [0.15, 0.2) is 173 Å². The minimum Gasteiger partial charge on any atom is -0.456 e. The summed E-state index contributed by atoms with van der Waals surface area (Å²) >= 11 is 0. The molecule has 5 heteroatoms. The summed E-state index contributed by atoms with van der Waals surface area (Å²) in [6, 6.07) is 59.4. The van der Waals surface area contributed by atoms with Crippen LogP contribution in [0.25, 0.3) is 110 Å². The molecule has 54 heavy (non-hydrogen) atoms. The molecule has 0 N–H and O–H groups in total. The van der Waals surface area contributed by atoms with Gasteiger partial charge in [-0.1, -0.05) is 84.9 Å². The Hall–Kier alpha value is -7.55. The van der Waals surface area contributed by atoms with Crippen LogP contribution in [0.1, 0.15) is 5.56 Å². The van der Waals surface area contributed by atoms with E-state index in [2.05, 4.69) is 137 Å². The van der Waals surface area contributed by atoms with Gasteiger partial charge in [-0.25, -0.2) is 0 Å². The van der Waals surface area contributed by atoms with E-state index >= 15 is 0 Å². The maximum absolute atomic E-state index is 10.4. The van der Waals surface area contributed by atoms with Crippen molar-refractivity contribution in [3.8, 4) is 28.6 Å². The summed E-state index contributed by atoms with van der Waals surface area (Å²) in [5, 5.41) is 19.2. The van der Waals surface area contributed by atoms with Gasteiger partial charge in [-0.2, -0.15) is 5.26 Å². The van der Waals surface area contributed by atoms with Crippen LogP contribution < -0.4 is 0 Å². The summed E-state index contributed by atoms with van der Waals surface area (Å²) < 4.78 is 17.5. The number of hydrogen-bond donors (Lipinski definition) is 0. The van der Waals surface area contributed by atoms with Gasteiger partial charge in [0.25, 0.3) is 0 Å². The lowest BCUT2D eigenvalue weighted by Gasteiger charge is -2.13. The van der Waals surface area contributed by atoms with Crippen LogP contribution in [0.5, 0.6) is 0 Å². The molecular formula is C49H27N3O2. The van der Waals surface area contributed by atoms with Gasteiger partial charge in [-0.3, -0.25) is 0 Å². The zero-order valence-corrected chi connectivity index (χ0v) is 28.7. The van der Waals surface area contributed by atoms with E-state index in [0.29, 0.717) is 5.56 Å². The molecule has 0 saturated heterocycles. The lowest BCUT2D eigenvalue weighted by molar-refractivity contribution is 0.669. The van der Waals surface area contributed by atoms with Crippen LogP contribution >= 0.6 is 0 Å². The van der Waals surface area contributed by atoms with Gasteiger partial charge in [-0.05, 0) is 90.0 Å². The highest BCUT2D eigenvalue weighted by Gasteiger charge is 2.20. The van der Waals surface area contributed by atoms with E-state index < -0.39 is 0 Å². The molecular weight excluding hydrogens is 663 g/mol. The monoisotopic (exact) mass is 689 g/mol. The molecule has 0 atom stereocenters. The molecule has 0 saturated carbocycles. The van der Waals surface area contributed by atoms with Crippen molar-refractivity contribution in [2.75, 3.05) is 0 Å². The molecule has 0 aliphatic carbocycles. The van der Waals surface area contributed by atoms with E-state index in [1.54, 1.807) is 0 Å². The molecule has 0 bridgehead atoms. The summed E-state index contributed by atoms with van der Waals surface area (Å²) in [6.07, 6.45) is 0. The first-order chi connectivity index (χ1) is 26.7. The minimum absolute atomic E-state index is 0.595. The average molecular weight is 690 g/mol. The topological polar surface area (TPSA) is 59.9 Å². The zero-order chi connectivity index (χ0) is 35.5. The van der Waals surface area contributed by atoms with E-state index in [9.17, 15) is 5.26 Å². The van der Waals surface area contributed by atoms with Crippen LogP contribution in [-0.2, 0) is 0 Å². The highest BCUT2D eigenvalue weighted by molar-refractivity contribution is 6.24. The number of fused-ring (bicyclic) bond motifs is 13. The highest BCUT2D eigenvalue weighted by Crippen LogP contribution is 2.42. The van der Waals surface area contributed by atoms with Crippen LogP contribution in [0.3, 0.4) is 0 Å². The van der Waals surface area contributed by atoms with Crippen molar-refractivity contribution < 1.29 is 8.83 Å². The van der Waals surface area contributed by atoms with Crippen LogP contribution in [0.2, 0.25) is 0 Å². The number of rotatable bonds is 3. The molecule has 0 aliphatic heterocycles. The third-order valence-corrected chi connectivity index (χ3v) is 11.1. The Labute approximate surface area is 307 Å². The second-order valence-electron chi connectivity index (χ2n) is 14.0. The predicted molar refractivity (Wildman–Crippen MR) is 220 cm³/mol. The number of nitriles is 1. The SMILES string of the molecule is N#Cc1cc(-c2cccc(-n3c4ccccc4c4c5oc6ccccc6c5ccc43)c2)cc(-n2c3ccccc3c3cc4oc5ccccc5c4cc32)c1. The fourth-order valence-electron chi connectivity index (χ4n) is 8.77. The van der Waals surface area contributed by atoms with Crippen molar-refractivity contribution >= 4 is 87.5 Å². The smallest absolute Gasteiger partial charge is 0.145 e. The van der Waals surface area contributed by atoms with Gasteiger partial charge < -0.3 is 18.0 Å². The van der Waals surface area contributed by atoms with E-state index in [1.165, 1.54) is 0 Å². The number of aromatic nitrogens is 2. The first-order valence-corrected chi connectivity index (χ1v) is 18.1. The summed E-state index contributed by atoms with van der Waals surface area (Å²) in [5.74, 6) is 0. The van der Waals surface area contributed by atoms with Crippen molar-refractivity contribution in [3.63, 3.8) is 0 Å². The molecule has 0 unspecified atom stereocenters. The maximum atomic E-state index is 10.4. The van der Waals surface area contributed by atoms with Crippen molar-refractivity contribution in [2.45, 2.75) is 0 Å². The van der Waals surface area contributed by atoms with Gasteiger partial charge >= 0.3 is 0 Å². The molecule has 4 aromatic heterocycles. The Morgan fingerprint density at radius 1 is 0.389 bits per heavy atom. The van der Waals surface area contributed by atoms with E-state index in [0.717, 1.165) is 110 Å². The molecule has 250 valence electrons. The van der Waals surface area contributed by atoms with Crippen molar-refractivity contribution in [3.05, 3.63) is 169 Å². The molecule has 0 radical (unpaired) electrons. The summed E-state index contributed by atoms with van der Waals surface area (Å²) in [5.41, 5.74) is 12.4. The minimum atomic E-state index is 0.595.